The Bertz CT molecular complexity index is 521. The van der Waals surface area contributed by atoms with E-state index in [1.54, 1.807) is 6.92 Å². The molecule has 0 bridgehead atoms. The summed E-state index contributed by atoms with van der Waals surface area (Å²) < 4.78 is 0. The van der Waals surface area contributed by atoms with Crippen LogP contribution in [0.15, 0.2) is 48.5 Å². The molecule has 0 amide bonds. The van der Waals surface area contributed by atoms with Crippen LogP contribution in [0.2, 0.25) is 0 Å². The second kappa shape index (κ2) is 5.63. The largest absolute Gasteiger partial charge is 0.295 e. The molecular weight excluding hydrogens is 220 g/mol. The average Bonchev–Trinajstić information content (AvgIpc) is 2.40. The van der Waals surface area contributed by atoms with E-state index in [9.17, 15) is 4.79 Å². The van der Waals surface area contributed by atoms with Crippen LogP contribution in [0.4, 0.5) is 0 Å². The topological polar surface area (TPSA) is 17.1 Å². The fourth-order valence-corrected chi connectivity index (χ4v) is 2.05. The summed E-state index contributed by atoms with van der Waals surface area (Å²) in [4.78, 5) is 11.2. The molecule has 0 fully saturated rings. The summed E-state index contributed by atoms with van der Waals surface area (Å²) in [6, 6.07) is 16.4. The molecule has 2 aromatic carbocycles. The van der Waals surface area contributed by atoms with Crippen molar-refractivity contribution in [3.63, 3.8) is 0 Å². The third-order valence-electron chi connectivity index (χ3n) is 3.12. The molecule has 18 heavy (non-hydrogen) atoms. The monoisotopic (exact) mass is 238 g/mol. The Morgan fingerprint density at radius 3 is 1.83 bits per heavy atom. The van der Waals surface area contributed by atoms with Crippen LogP contribution in [-0.4, -0.2) is 5.78 Å². The van der Waals surface area contributed by atoms with E-state index in [0.717, 1.165) is 17.5 Å². The Hall–Kier alpha value is -1.89. The maximum absolute atomic E-state index is 11.2. The summed E-state index contributed by atoms with van der Waals surface area (Å²) in [6.07, 6.45) is 2.30. The first-order chi connectivity index (χ1) is 8.70. The third kappa shape index (κ3) is 2.86. The number of carbonyl (C=O) groups is 1. The van der Waals surface area contributed by atoms with Crippen LogP contribution in [-0.2, 0) is 6.42 Å². The molecule has 0 aromatic heterocycles. The summed E-state index contributed by atoms with van der Waals surface area (Å²) in [5, 5.41) is 0. The summed E-state index contributed by atoms with van der Waals surface area (Å²) in [6.45, 7) is 3.78. The number of aryl methyl sites for hydroxylation is 1. The highest BCUT2D eigenvalue weighted by Gasteiger charge is 2.01. The maximum atomic E-state index is 11.2. The standard InChI is InChI=1S/C17H18O/c1-3-4-14-5-7-16(8-6-14)17-11-9-15(10-12-17)13(2)18/h5-12H,3-4H2,1-2H3. The molecule has 2 aromatic rings. The highest BCUT2D eigenvalue weighted by Crippen LogP contribution is 2.21. The van der Waals surface area contributed by atoms with E-state index in [4.69, 9.17) is 0 Å². The SMILES string of the molecule is CCCc1ccc(-c2ccc(C(C)=O)cc2)cc1. The smallest absolute Gasteiger partial charge is 0.159 e. The fourth-order valence-electron chi connectivity index (χ4n) is 2.05. The van der Waals surface area contributed by atoms with Gasteiger partial charge in [0.25, 0.3) is 0 Å². The van der Waals surface area contributed by atoms with E-state index in [0.29, 0.717) is 0 Å². The van der Waals surface area contributed by atoms with Crippen LogP contribution in [0, 0.1) is 0 Å². The minimum atomic E-state index is 0.111. The quantitative estimate of drug-likeness (QED) is 0.716. The van der Waals surface area contributed by atoms with Crippen molar-refractivity contribution in [2.75, 3.05) is 0 Å². The number of rotatable bonds is 4. The Kier molecular flexibility index (Phi) is 3.93. The second-order valence-corrected chi connectivity index (χ2v) is 4.58. The molecule has 2 rings (SSSR count). The molecule has 0 N–H and O–H groups in total. The summed E-state index contributed by atoms with van der Waals surface area (Å²) >= 11 is 0. The van der Waals surface area contributed by atoms with E-state index < -0.39 is 0 Å². The fraction of sp³-hybridized carbons (Fsp3) is 0.235. The Balaban J connectivity index is 2.23. The van der Waals surface area contributed by atoms with Crippen LogP contribution < -0.4 is 0 Å². The maximum Gasteiger partial charge on any atom is 0.159 e. The van der Waals surface area contributed by atoms with E-state index >= 15 is 0 Å². The van der Waals surface area contributed by atoms with Gasteiger partial charge in [-0.3, -0.25) is 4.79 Å². The Morgan fingerprint density at radius 2 is 1.39 bits per heavy atom. The third-order valence-corrected chi connectivity index (χ3v) is 3.12. The number of carbonyl (C=O) groups excluding carboxylic acids is 1. The van der Waals surface area contributed by atoms with Crippen LogP contribution in [0.3, 0.4) is 0 Å². The van der Waals surface area contributed by atoms with Gasteiger partial charge in [0.1, 0.15) is 0 Å². The zero-order chi connectivity index (χ0) is 13.0. The van der Waals surface area contributed by atoms with Crippen LogP contribution >= 0.6 is 0 Å². The van der Waals surface area contributed by atoms with Gasteiger partial charge in [0.05, 0.1) is 0 Å². The first-order valence-electron chi connectivity index (χ1n) is 6.41. The molecule has 0 heterocycles. The average molecular weight is 238 g/mol. The van der Waals surface area contributed by atoms with Gasteiger partial charge >= 0.3 is 0 Å². The molecule has 0 radical (unpaired) electrons. The Morgan fingerprint density at radius 1 is 0.889 bits per heavy atom. The number of ketones is 1. The molecule has 0 aliphatic rings. The van der Waals surface area contributed by atoms with Gasteiger partial charge in [-0.1, -0.05) is 61.9 Å². The van der Waals surface area contributed by atoms with Crippen LogP contribution in [0.5, 0.6) is 0 Å². The lowest BCUT2D eigenvalue weighted by molar-refractivity contribution is 0.101. The van der Waals surface area contributed by atoms with Crippen molar-refractivity contribution in [2.45, 2.75) is 26.7 Å². The highest BCUT2D eigenvalue weighted by atomic mass is 16.1. The molecule has 0 spiro atoms. The summed E-state index contributed by atoms with van der Waals surface area (Å²) in [5.41, 5.74) is 4.50. The molecule has 1 heteroatoms. The molecule has 92 valence electrons. The molecule has 0 aliphatic carbocycles. The molecule has 1 nitrogen and oxygen atoms in total. The predicted octanol–water partition coefficient (Wildman–Crippen LogP) is 4.51. The van der Waals surface area contributed by atoms with Gasteiger partial charge in [-0.25, -0.2) is 0 Å². The van der Waals surface area contributed by atoms with E-state index in [2.05, 4.69) is 31.2 Å². The molecule has 0 unspecified atom stereocenters. The molecule has 0 saturated heterocycles. The van der Waals surface area contributed by atoms with Crippen molar-refractivity contribution >= 4 is 5.78 Å². The van der Waals surface area contributed by atoms with Crippen LogP contribution in [0.1, 0.15) is 36.2 Å². The molecule has 0 aliphatic heterocycles. The zero-order valence-electron chi connectivity index (χ0n) is 10.9. The van der Waals surface area contributed by atoms with Crippen LogP contribution in [0.25, 0.3) is 11.1 Å². The van der Waals surface area contributed by atoms with E-state index in [-0.39, 0.29) is 5.78 Å². The van der Waals surface area contributed by atoms with E-state index in [1.165, 1.54) is 17.5 Å². The minimum absolute atomic E-state index is 0.111. The van der Waals surface area contributed by atoms with E-state index in [1.807, 2.05) is 24.3 Å². The van der Waals surface area contributed by atoms with Gasteiger partial charge in [-0.15, -0.1) is 0 Å². The first kappa shape index (κ1) is 12.6. The van der Waals surface area contributed by atoms with Gasteiger partial charge in [0, 0.05) is 5.56 Å². The first-order valence-corrected chi connectivity index (χ1v) is 6.41. The van der Waals surface area contributed by atoms with Gasteiger partial charge in [-0.05, 0) is 30.0 Å². The minimum Gasteiger partial charge on any atom is -0.295 e. The highest BCUT2D eigenvalue weighted by molar-refractivity contribution is 5.94. The normalized spacial score (nSPS) is 10.3. The second-order valence-electron chi connectivity index (χ2n) is 4.58. The lowest BCUT2D eigenvalue weighted by Crippen LogP contribution is -1.91. The van der Waals surface area contributed by atoms with Crippen molar-refractivity contribution in [2.24, 2.45) is 0 Å². The van der Waals surface area contributed by atoms with Crippen molar-refractivity contribution < 1.29 is 4.79 Å². The van der Waals surface area contributed by atoms with Gasteiger partial charge in [0.2, 0.25) is 0 Å². The lowest BCUT2D eigenvalue weighted by atomic mass is 10.0. The van der Waals surface area contributed by atoms with Crippen molar-refractivity contribution in [3.05, 3.63) is 59.7 Å². The number of Topliss-reactive ketones (excluding diaryl/α,β-unsaturated/α-hetero) is 1. The van der Waals surface area contributed by atoms with Crippen molar-refractivity contribution in [3.8, 4) is 11.1 Å². The number of benzene rings is 2. The molecule has 0 saturated carbocycles. The number of hydrogen-bond donors (Lipinski definition) is 0. The number of hydrogen-bond acceptors (Lipinski definition) is 1. The van der Waals surface area contributed by atoms with Gasteiger partial charge < -0.3 is 0 Å². The predicted molar refractivity (Wildman–Crippen MR) is 75.9 cm³/mol. The molecular formula is C17H18O. The van der Waals surface area contributed by atoms with Crippen molar-refractivity contribution in [1.29, 1.82) is 0 Å². The summed E-state index contributed by atoms with van der Waals surface area (Å²) in [7, 11) is 0. The van der Waals surface area contributed by atoms with Crippen molar-refractivity contribution in [1.82, 2.24) is 0 Å². The van der Waals surface area contributed by atoms with Gasteiger partial charge in [-0.2, -0.15) is 0 Å². The molecule has 0 atom stereocenters. The lowest BCUT2D eigenvalue weighted by Gasteiger charge is -2.04. The zero-order valence-corrected chi connectivity index (χ0v) is 10.9. The van der Waals surface area contributed by atoms with Gasteiger partial charge in [0.15, 0.2) is 5.78 Å². The Labute approximate surface area is 108 Å². The summed E-state index contributed by atoms with van der Waals surface area (Å²) in [5.74, 6) is 0.111.